The Bertz CT molecular complexity index is 638. The Balaban J connectivity index is 1.60. The van der Waals surface area contributed by atoms with E-state index in [9.17, 15) is 4.79 Å². The van der Waals surface area contributed by atoms with Gasteiger partial charge < -0.3 is 10.1 Å². The van der Waals surface area contributed by atoms with Crippen LogP contribution in [0.1, 0.15) is 44.2 Å². The summed E-state index contributed by atoms with van der Waals surface area (Å²) in [5.74, 6) is 0.499. The summed E-state index contributed by atoms with van der Waals surface area (Å²) in [6.45, 7) is 2.16. The van der Waals surface area contributed by atoms with Gasteiger partial charge in [0.2, 0.25) is 11.8 Å². The number of amides is 1. The molecule has 3 rings (SSSR count). The summed E-state index contributed by atoms with van der Waals surface area (Å²) in [6, 6.07) is 3.37. The summed E-state index contributed by atoms with van der Waals surface area (Å²) in [5.41, 5.74) is 0.888. The van der Waals surface area contributed by atoms with E-state index in [4.69, 9.17) is 4.74 Å². The topological polar surface area (TPSA) is 81.9 Å². The molecule has 0 radical (unpaired) electrons. The zero-order valence-corrected chi connectivity index (χ0v) is 13.2. The first-order chi connectivity index (χ1) is 11.2. The van der Waals surface area contributed by atoms with Gasteiger partial charge in [0, 0.05) is 18.3 Å². The predicted molar refractivity (Wildman–Crippen MR) is 83.7 cm³/mol. The second-order valence-corrected chi connectivity index (χ2v) is 5.76. The van der Waals surface area contributed by atoms with Gasteiger partial charge in [0.25, 0.3) is 0 Å². The van der Waals surface area contributed by atoms with Crippen molar-refractivity contribution in [3.8, 4) is 5.88 Å². The number of aromatic nitrogens is 4. The summed E-state index contributed by atoms with van der Waals surface area (Å²) in [5, 5.41) is 6.89. The lowest BCUT2D eigenvalue weighted by Gasteiger charge is -2.16. The number of nitrogens with zero attached hydrogens (tertiary/aromatic N) is 4. The Morgan fingerprint density at radius 2 is 2.30 bits per heavy atom. The maximum absolute atomic E-state index is 12.2. The average Bonchev–Trinajstić information content (AvgIpc) is 3.26. The SMILES string of the molecule is CC(C(=O)NCc1cccnc1OC1CCCC1)n1cncn1. The van der Waals surface area contributed by atoms with Crippen LogP contribution in [0.15, 0.2) is 31.0 Å². The molecule has 1 N–H and O–H groups in total. The molecule has 7 heteroatoms. The second-order valence-electron chi connectivity index (χ2n) is 5.76. The van der Waals surface area contributed by atoms with Crippen LogP contribution in [-0.4, -0.2) is 31.8 Å². The minimum atomic E-state index is -0.409. The molecular weight excluding hydrogens is 294 g/mol. The van der Waals surface area contributed by atoms with Crippen LogP contribution in [0.3, 0.4) is 0 Å². The van der Waals surface area contributed by atoms with Crippen molar-refractivity contribution in [3.63, 3.8) is 0 Å². The highest BCUT2D eigenvalue weighted by Crippen LogP contribution is 2.25. The van der Waals surface area contributed by atoms with Crippen molar-refractivity contribution in [1.82, 2.24) is 25.1 Å². The van der Waals surface area contributed by atoms with Gasteiger partial charge in [0.05, 0.1) is 0 Å². The first-order valence-corrected chi connectivity index (χ1v) is 7.96. The molecule has 1 fully saturated rings. The lowest BCUT2D eigenvalue weighted by molar-refractivity contribution is -0.124. The van der Waals surface area contributed by atoms with E-state index in [-0.39, 0.29) is 12.0 Å². The number of carbonyl (C=O) groups is 1. The largest absolute Gasteiger partial charge is 0.474 e. The van der Waals surface area contributed by atoms with Gasteiger partial charge in [-0.25, -0.2) is 14.6 Å². The Morgan fingerprint density at radius 3 is 3.04 bits per heavy atom. The fraction of sp³-hybridized carbons (Fsp3) is 0.500. The smallest absolute Gasteiger partial charge is 0.244 e. The van der Waals surface area contributed by atoms with Crippen molar-refractivity contribution in [2.24, 2.45) is 0 Å². The zero-order valence-electron chi connectivity index (χ0n) is 13.2. The number of pyridine rings is 1. The van der Waals surface area contributed by atoms with Crippen molar-refractivity contribution < 1.29 is 9.53 Å². The summed E-state index contributed by atoms with van der Waals surface area (Å²) < 4.78 is 7.50. The third-order valence-electron chi connectivity index (χ3n) is 4.10. The maximum atomic E-state index is 12.2. The number of nitrogens with one attached hydrogen (secondary N) is 1. The van der Waals surface area contributed by atoms with Gasteiger partial charge in [-0.15, -0.1) is 0 Å². The first-order valence-electron chi connectivity index (χ1n) is 7.96. The number of rotatable bonds is 6. The lowest BCUT2D eigenvalue weighted by Crippen LogP contribution is -2.31. The Labute approximate surface area is 135 Å². The fourth-order valence-electron chi connectivity index (χ4n) is 2.70. The summed E-state index contributed by atoms with van der Waals surface area (Å²) in [6.07, 6.45) is 9.47. The predicted octanol–water partition coefficient (Wildman–Crippen LogP) is 1.87. The molecule has 2 aromatic rings. The van der Waals surface area contributed by atoms with E-state index >= 15 is 0 Å². The Hall–Kier alpha value is -2.44. The van der Waals surface area contributed by atoms with Gasteiger partial charge in [0.1, 0.15) is 24.8 Å². The molecule has 0 aliphatic heterocycles. The van der Waals surface area contributed by atoms with Crippen LogP contribution < -0.4 is 10.1 Å². The molecule has 0 spiro atoms. The normalized spacial score (nSPS) is 16.2. The highest BCUT2D eigenvalue weighted by Gasteiger charge is 2.19. The molecule has 122 valence electrons. The van der Waals surface area contributed by atoms with E-state index in [0.29, 0.717) is 12.4 Å². The van der Waals surface area contributed by atoms with Gasteiger partial charge in [0.15, 0.2) is 0 Å². The molecule has 2 heterocycles. The van der Waals surface area contributed by atoms with Crippen molar-refractivity contribution in [3.05, 3.63) is 36.5 Å². The second kappa shape index (κ2) is 7.21. The van der Waals surface area contributed by atoms with Gasteiger partial charge in [-0.1, -0.05) is 6.07 Å². The number of carbonyl (C=O) groups excluding carboxylic acids is 1. The Morgan fingerprint density at radius 1 is 1.48 bits per heavy atom. The van der Waals surface area contributed by atoms with Gasteiger partial charge in [-0.2, -0.15) is 5.10 Å². The van der Waals surface area contributed by atoms with E-state index in [1.807, 2.05) is 12.1 Å². The quantitative estimate of drug-likeness (QED) is 0.880. The van der Waals surface area contributed by atoms with Gasteiger partial charge in [-0.3, -0.25) is 4.79 Å². The molecule has 0 aromatic carbocycles. The number of ether oxygens (including phenoxy) is 1. The molecule has 7 nitrogen and oxygen atoms in total. The molecule has 0 bridgehead atoms. The molecule has 1 atom stereocenters. The van der Waals surface area contributed by atoms with E-state index in [2.05, 4.69) is 20.4 Å². The van der Waals surface area contributed by atoms with Crippen molar-refractivity contribution in [2.45, 2.75) is 51.3 Å². The molecule has 2 aromatic heterocycles. The number of hydrogen-bond acceptors (Lipinski definition) is 5. The fourth-order valence-corrected chi connectivity index (χ4v) is 2.70. The van der Waals surface area contributed by atoms with Crippen LogP contribution in [0.4, 0.5) is 0 Å². The van der Waals surface area contributed by atoms with Crippen LogP contribution in [-0.2, 0) is 11.3 Å². The highest BCUT2D eigenvalue weighted by atomic mass is 16.5. The standard InChI is InChI=1S/C16H21N5O2/c1-12(21-11-17-10-20-21)15(22)19-9-13-5-4-8-18-16(13)23-14-6-2-3-7-14/h4-5,8,10-12,14H,2-3,6-7,9H2,1H3,(H,19,22). The van der Waals surface area contributed by atoms with Crippen molar-refractivity contribution in [1.29, 1.82) is 0 Å². The van der Waals surface area contributed by atoms with Gasteiger partial charge >= 0.3 is 0 Å². The van der Waals surface area contributed by atoms with Crippen LogP contribution in [0.2, 0.25) is 0 Å². The maximum Gasteiger partial charge on any atom is 0.244 e. The van der Waals surface area contributed by atoms with Crippen LogP contribution in [0, 0.1) is 0 Å². The molecular formula is C16H21N5O2. The molecule has 1 aliphatic rings. The minimum absolute atomic E-state index is 0.119. The first kappa shape index (κ1) is 15.5. The highest BCUT2D eigenvalue weighted by molar-refractivity contribution is 5.79. The average molecular weight is 315 g/mol. The van der Waals surface area contributed by atoms with Crippen molar-refractivity contribution in [2.75, 3.05) is 0 Å². The molecule has 1 unspecified atom stereocenters. The Kier molecular flexibility index (Phi) is 4.85. The van der Waals surface area contributed by atoms with E-state index in [1.54, 1.807) is 13.1 Å². The number of hydrogen-bond donors (Lipinski definition) is 1. The zero-order chi connectivity index (χ0) is 16.1. The third kappa shape index (κ3) is 3.85. The molecule has 23 heavy (non-hydrogen) atoms. The monoisotopic (exact) mass is 315 g/mol. The van der Waals surface area contributed by atoms with Crippen molar-refractivity contribution >= 4 is 5.91 Å². The van der Waals surface area contributed by atoms with E-state index in [1.165, 1.54) is 30.2 Å². The van der Waals surface area contributed by atoms with E-state index in [0.717, 1.165) is 18.4 Å². The molecule has 1 saturated carbocycles. The molecule has 0 saturated heterocycles. The van der Waals surface area contributed by atoms with Gasteiger partial charge in [-0.05, 0) is 38.7 Å². The molecule has 1 amide bonds. The van der Waals surface area contributed by atoms with Crippen LogP contribution in [0.25, 0.3) is 0 Å². The summed E-state index contributed by atoms with van der Waals surface area (Å²) >= 11 is 0. The van der Waals surface area contributed by atoms with Crippen LogP contribution in [0.5, 0.6) is 5.88 Å². The third-order valence-corrected chi connectivity index (χ3v) is 4.10. The lowest BCUT2D eigenvalue weighted by atomic mass is 10.2. The minimum Gasteiger partial charge on any atom is -0.474 e. The van der Waals surface area contributed by atoms with E-state index < -0.39 is 6.04 Å². The van der Waals surface area contributed by atoms with Crippen LogP contribution >= 0.6 is 0 Å². The summed E-state index contributed by atoms with van der Waals surface area (Å²) in [4.78, 5) is 20.4. The summed E-state index contributed by atoms with van der Waals surface area (Å²) in [7, 11) is 0. The molecule has 1 aliphatic carbocycles.